The number of amides is 1. The average Bonchev–Trinajstić information content (AvgIpc) is 3.17. The number of carbonyl (C=O) groups excluding carboxylic acids is 1. The predicted molar refractivity (Wildman–Crippen MR) is 114 cm³/mol. The molecule has 0 bridgehead atoms. The Bertz CT molecular complexity index is 1040. The van der Waals surface area contributed by atoms with E-state index in [0.29, 0.717) is 5.78 Å². The van der Waals surface area contributed by atoms with Crippen molar-refractivity contribution in [2.24, 2.45) is 0 Å². The van der Waals surface area contributed by atoms with Crippen molar-refractivity contribution < 1.29 is 4.79 Å². The minimum Gasteiger partial charge on any atom is -0.325 e. The van der Waals surface area contributed by atoms with Crippen LogP contribution in [-0.4, -0.2) is 25.5 Å². The van der Waals surface area contributed by atoms with Gasteiger partial charge in [-0.3, -0.25) is 9.20 Å². The monoisotopic (exact) mass is 388 g/mol. The Balaban J connectivity index is 1.37. The van der Waals surface area contributed by atoms with Gasteiger partial charge in [0, 0.05) is 35.6 Å². The van der Waals surface area contributed by atoms with Gasteiger partial charge < -0.3 is 5.32 Å². The Morgan fingerprint density at radius 3 is 2.64 bits per heavy atom. The van der Waals surface area contributed by atoms with Gasteiger partial charge in [-0.25, -0.2) is 9.97 Å². The second-order valence-corrected chi connectivity index (χ2v) is 7.79. The van der Waals surface area contributed by atoms with Crippen LogP contribution >= 0.6 is 11.8 Å². The third-order valence-electron chi connectivity index (χ3n) is 4.40. The molecular weight excluding hydrogens is 368 g/mol. The summed E-state index contributed by atoms with van der Waals surface area (Å²) in [5, 5.41) is 2.85. The van der Waals surface area contributed by atoms with E-state index in [0.717, 1.165) is 22.7 Å². The van der Waals surface area contributed by atoms with Crippen molar-refractivity contribution in [1.82, 2.24) is 14.4 Å². The maximum Gasteiger partial charge on any atom is 0.237 e. The third kappa shape index (κ3) is 4.23. The lowest BCUT2D eigenvalue weighted by Gasteiger charge is -2.12. The first kappa shape index (κ1) is 18.3. The molecule has 1 amide bonds. The topological polar surface area (TPSA) is 59.3 Å². The van der Waals surface area contributed by atoms with Crippen LogP contribution in [0.3, 0.4) is 0 Å². The van der Waals surface area contributed by atoms with Crippen molar-refractivity contribution in [3.8, 4) is 11.3 Å². The van der Waals surface area contributed by atoms with Crippen LogP contribution in [0.5, 0.6) is 0 Å². The van der Waals surface area contributed by atoms with E-state index in [9.17, 15) is 4.79 Å². The van der Waals surface area contributed by atoms with E-state index >= 15 is 0 Å². The van der Waals surface area contributed by atoms with Gasteiger partial charge in [-0.05, 0) is 30.7 Å². The summed E-state index contributed by atoms with van der Waals surface area (Å²) in [6.45, 7) is 1.93. The van der Waals surface area contributed by atoms with Crippen LogP contribution in [0.2, 0.25) is 0 Å². The SMILES string of the molecule is CC(SCc1ccccc1)C(=O)Nc1ccc(-c2cn3cccnc3n2)cc1. The van der Waals surface area contributed by atoms with Crippen LogP contribution in [-0.2, 0) is 10.5 Å². The second-order valence-electron chi connectivity index (χ2n) is 6.46. The molecule has 0 radical (unpaired) electrons. The normalized spacial score (nSPS) is 12.0. The molecular formula is C22H20N4OS. The molecule has 5 nitrogen and oxygen atoms in total. The number of rotatable bonds is 6. The largest absolute Gasteiger partial charge is 0.325 e. The predicted octanol–water partition coefficient (Wildman–Crippen LogP) is 4.66. The molecule has 1 atom stereocenters. The first-order valence-corrected chi connectivity index (χ1v) is 10.1. The van der Waals surface area contributed by atoms with Crippen molar-refractivity contribution in [2.75, 3.05) is 5.32 Å². The summed E-state index contributed by atoms with van der Waals surface area (Å²) >= 11 is 1.63. The molecule has 0 spiro atoms. The number of imidazole rings is 1. The van der Waals surface area contributed by atoms with Gasteiger partial charge in [-0.2, -0.15) is 0 Å². The van der Waals surface area contributed by atoms with E-state index in [1.165, 1.54) is 5.56 Å². The molecule has 6 heteroatoms. The minimum atomic E-state index is -0.135. The van der Waals surface area contributed by atoms with Crippen molar-refractivity contribution in [2.45, 2.75) is 17.9 Å². The molecule has 1 unspecified atom stereocenters. The van der Waals surface area contributed by atoms with Crippen LogP contribution in [0.1, 0.15) is 12.5 Å². The molecule has 0 aliphatic carbocycles. The average molecular weight is 388 g/mol. The molecule has 0 saturated carbocycles. The Labute approximate surface area is 167 Å². The van der Waals surface area contributed by atoms with Crippen molar-refractivity contribution in [1.29, 1.82) is 0 Å². The molecule has 28 heavy (non-hydrogen) atoms. The zero-order chi connectivity index (χ0) is 19.3. The third-order valence-corrected chi connectivity index (χ3v) is 5.61. The standard InChI is InChI=1S/C22H20N4OS/c1-16(28-15-17-6-3-2-4-7-17)21(27)24-19-10-8-18(9-11-19)20-14-26-13-5-12-23-22(26)25-20/h2-14,16H,15H2,1H3,(H,24,27). The zero-order valence-electron chi connectivity index (χ0n) is 15.4. The van der Waals surface area contributed by atoms with Crippen molar-refractivity contribution >= 4 is 29.1 Å². The van der Waals surface area contributed by atoms with Gasteiger partial charge in [0.25, 0.3) is 0 Å². The number of carbonyl (C=O) groups is 1. The summed E-state index contributed by atoms with van der Waals surface area (Å²) in [6.07, 6.45) is 5.59. The fourth-order valence-corrected chi connectivity index (χ4v) is 3.65. The lowest BCUT2D eigenvalue weighted by atomic mass is 10.1. The molecule has 4 rings (SSSR count). The number of fused-ring (bicyclic) bond motifs is 1. The van der Waals surface area contributed by atoms with Crippen LogP contribution in [0.15, 0.2) is 79.3 Å². The molecule has 1 N–H and O–H groups in total. The van der Waals surface area contributed by atoms with E-state index in [2.05, 4.69) is 27.4 Å². The van der Waals surface area contributed by atoms with Crippen LogP contribution in [0, 0.1) is 0 Å². The lowest BCUT2D eigenvalue weighted by Crippen LogP contribution is -2.22. The molecule has 4 aromatic rings. The Morgan fingerprint density at radius 1 is 1.11 bits per heavy atom. The number of thioether (sulfide) groups is 1. The highest BCUT2D eigenvalue weighted by molar-refractivity contribution is 7.99. The van der Waals surface area contributed by atoms with Crippen LogP contribution < -0.4 is 5.32 Å². The fourth-order valence-electron chi connectivity index (χ4n) is 2.81. The maximum absolute atomic E-state index is 12.5. The zero-order valence-corrected chi connectivity index (χ0v) is 16.3. The number of anilines is 1. The Morgan fingerprint density at radius 2 is 1.89 bits per heavy atom. The first-order chi connectivity index (χ1) is 13.7. The molecule has 0 saturated heterocycles. The molecule has 2 heterocycles. The van der Waals surface area contributed by atoms with E-state index in [4.69, 9.17) is 0 Å². The second kappa shape index (κ2) is 8.27. The molecule has 140 valence electrons. The minimum absolute atomic E-state index is 0.00520. The summed E-state index contributed by atoms with van der Waals surface area (Å²) in [5.41, 5.74) is 3.83. The van der Waals surface area contributed by atoms with Gasteiger partial charge in [-0.1, -0.05) is 42.5 Å². The fraction of sp³-hybridized carbons (Fsp3) is 0.136. The first-order valence-electron chi connectivity index (χ1n) is 9.05. The molecule has 2 aromatic carbocycles. The number of aromatic nitrogens is 3. The summed E-state index contributed by atoms with van der Waals surface area (Å²) < 4.78 is 1.89. The van der Waals surface area contributed by atoms with Crippen molar-refractivity contribution in [3.05, 3.63) is 84.8 Å². The van der Waals surface area contributed by atoms with E-state index in [-0.39, 0.29) is 11.2 Å². The lowest BCUT2D eigenvalue weighted by molar-refractivity contribution is -0.115. The summed E-state index contributed by atoms with van der Waals surface area (Å²) in [7, 11) is 0. The van der Waals surface area contributed by atoms with Crippen LogP contribution in [0.4, 0.5) is 5.69 Å². The van der Waals surface area contributed by atoms with Gasteiger partial charge in [0.05, 0.1) is 10.9 Å². The van der Waals surface area contributed by atoms with Gasteiger partial charge >= 0.3 is 0 Å². The maximum atomic E-state index is 12.5. The highest BCUT2D eigenvalue weighted by atomic mass is 32.2. The number of hydrogen-bond acceptors (Lipinski definition) is 4. The van der Waals surface area contributed by atoms with E-state index in [1.54, 1.807) is 18.0 Å². The van der Waals surface area contributed by atoms with Gasteiger partial charge in [0.2, 0.25) is 11.7 Å². The Kier molecular flexibility index (Phi) is 5.39. The van der Waals surface area contributed by atoms with Gasteiger partial charge in [-0.15, -0.1) is 11.8 Å². The Hall–Kier alpha value is -3.12. The summed E-state index contributed by atoms with van der Waals surface area (Å²) in [4.78, 5) is 21.2. The summed E-state index contributed by atoms with van der Waals surface area (Å²) in [5.74, 6) is 1.49. The van der Waals surface area contributed by atoms with Gasteiger partial charge in [0.15, 0.2) is 0 Å². The van der Waals surface area contributed by atoms with Gasteiger partial charge in [0.1, 0.15) is 0 Å². The molecule has 0 fully saturated rings. The highest BCUT2D eigenvalue weighted by Crippen LogP contribution is 2.22. The van der Waals surface area contributed by atoms with Crippen molar-refractivity contribution in [3.63, 3.8) is 0 Å². The van der Waals surface area contributed by atoms with E-state index in [1.807, 2.05) is 72.2 Å². The van der Waals surface area contributed by atoms with Crippen LogP contribution in [0.25, 0.3) is 17.0 Å². The number of benzene rings is 2. The number of nitrogens with zero attached hydrogens (tertiary/aromatic N) is 3. The molecule has 0 aliphatic rings. The quantitative estimate of drug-likeness (QED) is 0.522. The smallest absolute Gasteiger partial charge is 0.237 e. The number of hydrogen-bond donors (Lipinski definition) is 1. The summed E-state index contributed by atoms with van der Waals surface area (Å²) in [6, 6.07) is 19.8. The molecule has 0 aliphatic heterocycles. The van der Waals surface area contributed by atoms with E-state index < -0.39 is 0 Å². The highest BCUT2D eigenvalue weighted by Gasteiger charge is 2.14. The number of nitrogens with one attached hydrogen (secondary N) is 1. The molecule has 2 aromatic heterocycles.